The first-order valence-corrected chi connectivity index (χ1v) is 5.50. The highest BCUT2D eigenvalue weighted by Gasteiger charge is 2.33. The molecule has 10 nitrogen and oxygen atoms in total. The summed E-state index contributed by atoms with van der Waals surface area (Å²) < 4.78 is 8.73. The van der Waals surface area contributed by atoms with Crippen LogP contribution in [0.1, 0.15) is 13.3 Å². The van der Waals surface area contributed by atoms with Crippen LogP contribution in [0.3, 0.4) is 0 Å². The van der Waals surface area contributed by atoms with Gasteiger partial charge < -0.3 is 19.8 Å². The van der Waals surface area contributed by atoms with Crippen molar-refractivity contribution in [3.05, 3.63) is 5.21 Å². The fourth-order valence-corrected chi connectivity index (χ4v) is 1.46. The molecule has 2 atom stereocenters. The Balaban J connectivity index is 2.41. The maximum atomic E-state index is 11.5. The fourth-order valence-electron chi connectivity index (χ4n) is 1.46. The van der Waals surface area contributed by atoms with E-state index in [1.54, 1.807) is 0 Å². The lowest BCUT2D eigenvalue weighted by Crippen LogP contribution is -2.30. The minimum atomic E-state index is -1.10. The van der Waals surface area contributed by atoms with Crippen LogP contribution in [0.25, 0.3) is 0 Å². The van der Waals surface area contributed by atoms with Gasteiger partial charge in [-0.1, -0.05) is 0 Å². The van der Waals surface area contributed by atoms with E-state index in [0.29, 0.717) is 6.42 Å². The zero-order valence-electron chi connectivity index (χ0n) is 10.5. The van der Waals surface area contributed by atoms with E-state index in [4.69, 9.17) is 5.11 Å². The fraction of sp³-hybridized carbons (Fsp3) is 0.778. The molecule has 1 N–H and O–H groups in total. The SMILES string of the molecule is COC(=O)OC(C)ON=[N+]([O-])N1CCC(C(=O)O)C1. The normalized spacial score (nSPS) is 20.8. The Kier molecular flexibility index (Phi) is 5.15. The van der Waals surface area contributed by atoms with Gasteiger partial charge in [-0.15, -0.1) is 5.01 Å². The molecule has 0 radical (unpaired) electrons. The summed E-state index contributed by atoms with van der Waals surface area (Å²) in [7, 11) is 1.13. The van der Waals surface area contributed by atoms with Crippen LogP contribution in [-0.2, 0) is 19.1 Å². The molecule has 0 aromatic heterocycles. The Labute approximate surface area is 108 Å². The number of carboxylic acid groups (broad SMARTS) is 1. The average molecular weight is 277 g/mol. The second-order valence-electron chi connectivity index (χ2n) is 3.82. The molecule has 0 amide bonds. The number of carbonyl (C=O) groups is 2. The highest BCUT2D eigenvalue weighted by Crippen LogP contribution is 2.16. The summed E-state index contributed by atoms with van der Waals surface area (Å²) in [4.78, 5) is 26.2. The van der Waals surface area contributed by atoms with Crippen molar-refractivity contribution in [1.82, 2.24) is 5.01 Å². The van der Waals surface area contributed by atoms with Crippen LogP contribution in [0.4, 0.5) is 4.79 Å². The molecule has 0 aromatic carbocycles. The molecule has 1 saturated heterocycles. The van der Waals surface area contributed by atoms with Gasteiger partial charge in [-0.05, 0) is 6.42 Å². The second kappa shape index (κ2) is 6.61. The number of aliphatic carboxylic acids is 1. The summed E-state index contributed by atoms with van der Waals surface area (Å²) in [6, 6.07) is 0. The van der Waals surface area contributed by atoms with Crippen LogP contribution in [-0.4, -0.2) is 53.7 Å². The molecule has 2 unspecified atom stereocenters. The third kappa shape index (κ3) is 4.48. The van der Waals surface area contributed by atoms with Crippen molar-refractivity contribution in [3.8, 4) is 0 Å². The quantitative estimate of drug-likeness (QED) is 0.250. The molecular formula is C9H15N3O7. The van der Waals surface area contributed by atoms with Crippen LogP contribution < -0.4 is 0 Å². The number of methoxy groups -OCH3 is 1. The van der Waals surface area contributed by atoms with Gasteiger partial charge in [0, 0.05) is 6.92 Å². The molecule has 108 valence electrons. The molecule has 1 heterocycles. The second-order valence-corrected chi connectivity index (χ2v) is 3.82. The minimum Gasteiger partial charge on any atom is -0.569 e. The van der Waals surface area contributed by atoms with Gasteiger partial charge in [0.1, 0.15) is 0 Å². The van der Waals surface area contributed by atoms with Crippen LogP contribution in [0.5, 0.6) is 0 Å². The third-order valence-corrected chi connectivity index (χ3v) is 2.45. The van der Waals surface area contributed by atoms with Gasteiger partial charge in [-0.25, -0.2) is 4.79 Å². The van der Waals surface area contributed by atoms with Gasteiger partial charge in [0.2, 0.25) is 5.28 Å². The van der Waals surface area contributed by atoms with Gasteiger partial charge in [0.25, 0.3) is 6.29 Å². The monoisotopic (exact) mass is 277 g/mol. The maximum Gasteiger partial charge on any atom is 0.511 e. The predicted octanol–water partition coefficient (Wildman–Crippen LogP) is 0.331. The van der Waals surface area contributed by atoms with E-state index < -0.39 is 24.3 Å². The van der Waals surface area contributed by atoms with Gasteiger partial charge >= 0.3 is 12.1 Å². The van der Waals surface area contributed by atoms with Gasteiger partial charge in [0.05, 0.1) is 31.1 Å². The number of hydrogen-bond donors (Lipinski definition) is 1. The smallest absolute Gasteiger partial charge is 0.511 e. The number of ether oxygens (including phenoxy) is 2. The molecule has 0 bridgehead atoms. The number of hydrogen-bond acceptors (Lipinski definition) is 7. The van der Waals surface area contributed by atoms with Gasteiger partial charge in [-0.3, -0.25) is 9.63 Å². The number of rotatable bonds is 5. The molecule has 1 aliphatic heterocycles. The summed E-state index contributed by atoms with van der Waals surface area (Å²) >= 11 is 0. The molecular weight excluding hydrogens is 262 g/mol. The van der Waals surface area contributed by atoms with Gasteiger partial charge in [-0.2, -0.15) is 0 Å². The van der Waals surface area contributed by atoms with Crippen LogP contribution in [0.2, 0.25) is 0 Å². The molecule has 10 heteroatoms. The minimum absolute atomic E-state index is 0.0535. The van der Waals surface area contributed by atoms with Crippen molar-refractivity contribution >= 4 is 12.1 Å². The molecule has 1 rings (SSSR count). The van der Waals surface area contributed by atoms with E-state index in [1.807, 2.05) is 0 Å². The summed E-state index contributed by atoms with van der Waals surface area (Å²) in [5, 5.41) is 24.6. The first-order chi connectivity index (χ1) is 8.93. The topological polar surface area (TPSA) is 124 Å². The van der Waals surface area contributed by atoms with Crippen molar-refractivity contribution in [2.45, 2.75) is 19.6 Å². The Hall–Kier alpha value is -2.26. The number of hydrazine groups is 1. The summed E-state index contributed by atoms with van der Waals surface area (Å²) in [5.74, 6) is -1.56. The van der Waals surface area contributed by atoms with Crippen molar-refractivity contribution in [1.29, 1.82) is 0 Å². The Morgan fingerprint density at radius 3 is 2.79 bits per heavy atom. The van der Waals surface area contributed by atoms with E-state index in [2.05, 4.69) is 19.6 Å². The van der Waals surface area contributed by atoms with E-state index in [9.17, 15) is 14.8 Å². The molecule has 0 aromatic rings. The van der Waals surface area contributed by atoms with E-state index in [-0.39, 0.29) is 18.1 Å². The van der Waals surface area contributed by atoms with Crippen molar-refractivity contribution in [3.63, 3.8) is 0 Å². The van der Waals surface area contributed by atoms with E-state index >= 15 is 0 Å². The summed E-state index contributed by atoms with van der Waals surface area (Å²) in [6.07, 6.45) is -1.70. The molecule has 0 aliphatic carbocycles. The zero-order chi connectivity index (χ0) is 14.4. The maximum absolute atomic E-state index is 11.5. The average Bonchev–Trinajstić information content (AvgIpc) is 2.85. The Morgan fingerprint density at radius 1 is 1.58 bits per heavy atom. The van der Waals surface area contributed by atoms with Crippen molar-refractivity contribution < 1.29 is 34.0 Å². The number of carboxylic acids is 1. The largest absolute Gasteiger partial charge is 0.569 e. The van der Waals surface area contributed by atoms with E-state index in [0.717, 1.165) is 7.11 Å². The third-order valence-electron chi connectivity index (χ3n) is 2.45. The highest BCUT2D eigenvalue weighted by molar-refractivity contribution is 5.70. The molecule has 1 fully saturated rings. The van der Waals surface area contributed by atoms with Crippen LogP contribution in [0, 0.1) is 11.1 Å². The van der Waals surface area contributed by atoms with E-state index in [1.165, 1.54) is 11.9 Å². The molecule has 1 aliphatic rings. The lowest BCUT2D eigenvalue weighted by Gasteiger charge is -2.12. The number of nitrogens with zero attached hydrogens (tertiary/aromatic N) is 3. The Morgan fingerprint density at radius 2 is 2.26 bits per heavy atom. The Bertz CT molecular complexity index is 373. The van der Waals surface area contributed by atoms with Crippen molar-refractivity contribution in [2.75, 3.05) is 20.2 Å². The zero-order valence-corrected chi connectivity index (χ0v) is 10.5. The van der Waals surface area contributed by atoms with Crippen molar-refractivity contribution in [2.24, 2.45) is 11.2 Å². The summed E-state index contributed by atoms with van der Waals surface area (Å²) in [5.41, 5.74) is 0. The first-order valence-electron chi connectivity index (χ1n) is 5.50. The lowest BCUT2D eigenvalue weighted by atomic mass is 10.1. The molecule has 0 spiro atoms. The van der Waals surface area contributed by atoms with Crippen LogP contribution in [0.15, 0.2) is 5.28 Å². The molecule has 0 saturated carbocycles. The lowest BCUT2D eigenvalue weighted by molar-refractivity contribution is -0.709. The van der Waals surface area contributed by atoms with Crippen LogP contribution >= 0.6 is 0 Å². The van der Waals surface area contributed by atoms with Gasteiger partial charge in [0.15, 0.2) is 0 Å². The number of carbonyl (C=O) groups excluding carboxylic acids is 1. The molecule has 19 heavy (non-hydrogen) atoms. The first kappa shape index (κ1) is 14.8. The highest BCUT2D eigenvalue weighted by atomic mass is 16.8. The predicted molar refractivity (Wildman–Crippen MR) is 57.4 cm³/mol. The summed E-state index contributed by atoms with van der Waals surface area (Å²) in [6.45, 7) is 1.66. The standard InChI is InChI=1S/C9H15N3O7/c1-6(18-9(15)17-2)19-10-12(16)11-4-3-7(5-11)8(13)14/h6-7H,3-5H2,1-2H3,(H,13,14).